The summed E-state index contributed by atoms with van der Waals surface area (Å²) in [6.45, 7) is 3.24. The van der Waals surface area contributed by atoms with E-state index >= 15 is 0 Å². The highest BCUT2D eigenvalue weighted by molar-refractivity contribution is 5.94. The first kappa shape index (κ1) is 18.4. The molecule has 0 aliphatic carbocycles. The van der Waals surface area contributed by atoms with Gasteiger partial charge in [0.25, 0.3) is 5.91 Å². The van der Waals surface area contributed by atoms with Crippen LogP contribution < -0.4 is 5.73 Å². The predicted molar refractivity (Wildman–Crippen MR) is 79.8 cm³/mol. The lowest BCUT2D eigenvalue weighted by Gasteiger charge is -2.20. The van der Waals surface area contributed by atoms with Crippen molar-refractivity contribution in [2.45, 2.75) is 19.9 Å². The molecule has 0 saturated carbocycles. The van der Waals surface area contributed by atoms with Crippen LogP contribution in [0.5, 0.6) is 0 Å². The normalized spacial score (nSPS) is 9.55. The van der Waals surface area contributed by atoms with Gasteiger partial charge >= 0.3 is 5.97 Å². The van der Waals surface area contributed by atoms with Gasteiger partial charge in [0.15, 0.2) is 0 Å². The van der Waals surface area contributed by atoms with Crippen molar-refractivity contribution < 1.29 is 14.3 Å². The number of rotatable bonds is 6. The standard InChI is InChI=1S/C14H20N2O3.ClH/c1-3-16(9-8-13(17)19-2)14(18)12-6-4-11(10-15)5-7-12;/h4-7H,3,8-10,15H2,1-2H3;1H. The van der Waals surface area contributed by atoms with Crippen LogP contribution in [0.15, 0.2) is 24.3 Å². The Morgan fingerprint density at radius 1 is 1.25 bits per heavy atom. The summed E-state index contributed by atoms with van der Waals surface area (Å²) in [5, 5.41) is 0. The van der Waals surface area contributed by atoms with Crippen LogP contribution in [0.25, 0.3) is 0 Å². The van der Waals surface area contributed by atoms with Gasteiger partial charge in [0.2, 0.25) is 0 Å². The Kier molecular flexibility index (Phi) is 8.59. The van der Waals surface area contributed by atoms with Crippen LogP contribution in [0, 0.1) is 0 Å². The number of benzene rings is 1. The molecule has 1 aromatic rings. The van der Waals surface area contributed by atoms with Gasteiger partial charge in [0, 0.05) is 25.2 Å². The van der Waals surface area contributed by atoms with Crippen molar-refractivity contribution in [3.63, 3.8) is 0 Å². The van der Waals surface area contributed by atoms with Crippen LogP contribution in [-0.2, 0) is 16.1 Å². The van der Waals surface area contributed by atoms with Crippen molar-refractivity contribution in [2.75, 3.05) is 20.2 Å². The number of carbonyl (C=O) groups is 2. The maximum Gasteiger partial charge on any atom is 0.307 e. The van der Waals surface area contributed by atoms with E-state index < -0.39 is 0 Å². The van der Waals surface area contributed by atoms with Gasteiger partial charge in [-0.15, -0.1) is 12.4 Å². The number of esters is 1. The molecule has 0 heterocycles. The summed E-state index contributed by atoms with van der Waals surface area (Å²) in [5.74, 6) is -0.403. The Balaban J connectivity index is 0.00000361. The summed E-state index contributed by atoms with van der Waals surface area (Å²) in [4.78, 5) is 24.9. The number of hydrogen-bond acceptors (Lipinski definition) is 4. The average Bonchev–Trinajstić information content (AvgIpc) is 2.47. The van der Waals surface area contributed by atoms with Crippen LogP contribution in [0.2, 0.25) is 0 Å². The fraction of sp³-hybridized carbons (Fsp3) is 0.429. The minimum atomic E-state index is -0.315. The summed E-state index contributed by atoms with van der Waals surface area (Å²) in [6, 6.07) is 7.18. The Bertz CT molecular complexity index is 435. The lowest BCUT2D eigenvalue weighted by Crippen LogP contribution is -2.33. The largest absolute Gasteiger partial charge is 0.469 e. The van der Waals surface area contributed by atoms with E-state index in [1.54, 1.807) is 17.0 Å². The molecule has 5 nitrogen and oxygen atoms in total. The maximum absolute atomic E-state index is 12.2. The van der Waals surface area contributed by atoms with E-state index in [1.807, 2.05) is 19.1 Å². The highest BCUT2D eigenvalue weighted by Crippen LogP contribution is 2.08. The molecule has 0 atom stereocenters. The quantitative estimate of drug-likeness (QED) is 0.810. The summed E-state index contributed by atoms with van der Waals surface area (Å²) < 4.78 is 4.57. The summed E-state index contributed by atoms with van der Waals surface area (Å²) in [6.07, 6.45) is 0.205. The summed E-state index contributed by atoms with van der Waals surface area (Å²) in [5.41, 5.74) is 7.09. The first-order chi connectivity index (χ1) is 9.12. The average molecular weight is 301 g/mol. The molecule has 112 valence electrons. The molecule has 0 saturated heterocycles. The molecule has 1 rings (SSSR count). The molecular weight excluding hydrogens is 280 g/mol. The number of nitrogens with zero attached hydrogens (tertiary/aromatic N) is 1. The van der Waals surface area contributed by atoms with Crippen LogP contribution >= 0.6 is 12.4 Å². The van der Waals surface area contributed by atoms with Crippen LogP contribution in [0.1, 0.15) is 29.3 Å². The Labute approximate surface area is 125 Å². The molecular formula is C14H21ClN2O3. The lowest BCUT2D eigenvalue weighted by atomic mass is 10.1. The zero-order chi connectivity index (χ0) is 14.3. The minimum Gasteiger partial charge on any atom is -0.469 e. The van der Waals surface area contributed by atoms with Gasteiger partial charge in [-0.2, -0.15) is 0 Å². The molecule has 0 aliphatic heterocycles. The first-order valence-electron chi connectivity index (χ1n) is 6.27. The van der Waals surface area contributed by atoms with Gasteiger partial charge in [-0.25, -0.2) is 0 Å². The Morgan fingerprint density at radius 2 is 1.85 bits per heavy atom. The van der Waals surface area contributed by atoms with Gasteiger partial charge in [-0.3, -0.25) is 9.59 Å². The van der Waals surface area contributed by atoms with E-state index in [0.717, 1.165) is 5.56 Å². The van der Waals surface area contributed by atoms with Crippen LogP contribution in [-0.4, -0.2) is 37.0 Å². The van der Waals surface area contributed by atoms with E-state index in [2.05, 4.69) is 4.74 Å². The number of carbonyl (C=O) groups excluding carboxylic acids is 2. The predicted octanol–water partition coefficient (Wildman–Crippen LogP) is 1.59. The second-order valence-corrected chi connectivity index (χ2v) is 4.11. The second kappa shape index (κ2) is 9.34. The van der Waals surface area contributed by atoms with E-state index in [-0.39, 0.29) is 30.7 Å². The fourth-order valence-corrected chi connectivity index (χ4v) is 1.70. The number of methoxy groups -OCH3 is 1. The van der Waals surface area contributed by atoms with Crippen LogP contribution in [0.3, 0.4) is 0 Å². The smallest absolute Gasteiger partial charge is 0.307 e. The SMILES string of the molecule is CCN(CCC(=O)OC)C(=O)c1ccc(CN)cc1.Cl. The maximum atomic E-state index is 12.2. The molecule has 20 heavy (non-hydrogen) atoms. The molecule has 0 spiro atoms. The number of hydrogen-bond donors (Lipinski definition) is 1. The van der Waals surface area contributed by atoms with Crippen molar-refractivity contribution in [1.82, 2.24) is 4.90 Å². The second-order valence-electron chi connectivity index (χ2n) is 4.11. The van der Waals surface area contributed by atoms with E-state index in [0.29, 0.717) is 25.2 Å². The molecule has 0 fully saturated rings. The topological polar surface area (TPSA) is 72.6 Å². The zero-order valence-electron chi connectivity index (χ0n) is 11.8. The van der Waals surface area contributed by atoms with Crippen molar-refractivity contribution >= 4 is 24.3 Å². The van der Waals surface area contributed by atoms with Gasteiger partial charge in [0.1, 0.15) is 0 Å². The van der Waals surface area contributed by atoms with E-state index in [4.69, 9.17) is 5.73 Å². The van der Waals surface area contributed by atoms with Crippen molar-refractivity contribution in [3.05, 3.63) is 35.4 Å². The van der Waals surface area contributed by atoms with Gasteiger partial charge in [0.05, 0.1) is 13.5 Å². The molecule has 0 bridgehead atoms. The van der Waals surface area contributed by atoms with Crippen molar-refractivity contribution in [1.29, 1.82) is 0 Å². The zero-order valence-corrected chi connectivity index (χ0v) is 12.6. The summed E-state index contributed by atoms with van der Waals surface area (Å²) >= 11 is 0. The number of amides is 1. The number of ether oxygens (including phenoxy) is 1. The molecule has 1 amide bonds. The Morgan fingerprint density at radius 3 is 2.30 bits per heavy atom. The fourth-order valence-electron chi connectivity index (χ4n) is 1.70. The van der Waals surface area contributed by atoms with Gasteiger partial charge < -0.3 is 15.4 Å². The number of nitrogens with two attached hydrogens (primary N) is 1. The van der Waals surface area contributed by atoms with E-state index in [1.165, 1.54) is 7.11 Å². The molecule has 0 aromatic heterocycles. The molecule has 0 radical (unpaired) electrons. The Hall–Kier alpha value is -1.59. The number of halogens is 1. The van der Waals surface area contributed by atoms with Crippen molar-refractivity contribution in [3.8, 4) is 0 Å². The third kappa shape index (κ3) is 5.19. The highest BCUT2D eigenvalue weighted by atomic mass is 35.5. The lowest BCUT2D eigenvalue weighted by molar-refractivity contribution is -0.140. The monoisotopic (exact) mass is 300 g/mol. The molecule has 6 heteroatoms. The third-order valence-electron chi connectivity index (χ3n) is 2.92. The van der Waals surface area contributed by atoms with E-state index in [9.17, 15) is 9.59 Å². The first-order valence-corrected chi connectivity index (χ1v) is 6.27. The molecule has 0 aliphatic rings. The van der Waals surface area contributed by atoms with Gasteiger partial charge in [-0.1, -0.05) is 12.1 Å². The molecule has 0 unspecified atom stereocenters. The summed E-state index contributed by atoms with van der Waals surface area (Å²) in [7, 11) is 1.34. The molecule has 2 N–H and O–H groups in total. The minimum absolute atomic E-state index is 0. The third-order valence-corrected chi connectivity index (χ3v) is 2.92. The highest BCUT2D eigenvalue weighted by Gasteiger charge is 2.15. The van der Waals surface area contributed by atoms with Crippen LogP contribution in [0.4, 0.5) is 0 Å². The van der Waals surface area contributed by atoms with Gasteiger partial charge in [-0.05, 0) is 24.6 Å². The molecule has 1 aromatic carbocycles. The van der Waals surface area contributed by atoms with Crippen molar-refractivity contribution in [2.24, 2.45) is 5.73 Å².